The van der Waals surface area contributed by atoms with Crippen molar-refractivity contribution in [2.45, 2.75) is 19.1 Å². The van der Waals surface area contributed by atoms with Crippen LogP contribution in [0.5, 0.6) is 0 Å². The molecule has 0 N–H and O–H groups in total. The number of rotatable bonds is 3. The van der Waals surface area contributed by atoms with Crippen molar-refractivity contribution in [3.8, 4) is 6.07 Å². The minimum Gasteiger partial charge on any atom is -0.616 e. The second-order valence-electron chi connectivity index (χ2n) is 7.13. The van der Waals surface area contributed by atoms with Gasteiger partial charge in [-0.1, -0.05) is 11.2 Å². The van der Waals surface area contributed by atoms with Gasteiger partial charge in [-0.15, -0.1) is 0 Å². The van der Waals surface area contributed by atoms with Crippen LogP contribution in [-0.2, 0) is 15.9 Å². The summed E-state index contributed by atoms with van der Waals surface area (Å²) in [7, 11) is 0. The molecule has 8 heteroatoms. The van der Waals surface area contributed by atoms with Gasteiger partial charge in [0.1, 0.15) is 23.1 Å². The van der Waals surface area contributed by atoms with Gasteiger partial charge >= 0.3 is 0 Å². The molecule has 4 rings (SSSR count). The normalized spacial score (nSPS) is 24.9. The molecule has 2 fully saturated rings. The Morgan fingerprint density at radius 2 is 2.15 bits per heavy atom. The molecule has 4 heterocycles. The number of fused-ring (bicyclic) bond motifs is 1. The summed E-state index contributed by atoms with van der Waals surface area (Å²) >= 11 is -0.665. The number of nitrogens with zero attached hydrogens (tertiary/aromatic N) is 5. The molecule has 0 saturated carbocycles. The fourth-order valence-corrected chi connectivity index (χ4v) is 5.01. The van der Waals surface area contributed by atoms with Gasteiger partial charge in [-0.25, -0.2) is 4.98 Å². The van der Waals surface area contributed by atoms with Crippen molar-refractivity contribution < 1.29 is 9.29 Å². The van der Waals surface area contributed by atoms with Crippen LogP contribution in [0.15, 0.2) is 24.5 Å². The van der Waals surface area contributed by atoms with E-state index in [4.69, 9.17) is 4.74 Å². The third-order valence-electron chi connectivity index (χ3n) is 5.13. The highest BCUT2D eigenvalue weighted by Crippen LogP contribution is 2.29. The molecule has 2 aliphatic rings. The number of hydrogen-bond donors (Lipinski definition) is 0. The molecule has 27 heavy (non-hydrogen) atoms. The highest BCUT2D eigenvalue weighted by atomic mass is 32.2. The molecule has 2 saturated heterocycles. The quantitative estimate of drug-likeness (QED) is 0.733. The maximum absolute atomic E-state index is 11.6. The predicted molar refractivity (Wildman–Crippen MR) is 105 cm³/mol. The summed E-state index contributed by atoms with van der Waals surface area (Å²) in [6.45, 7) is 6.21. The van der Waals surface area contributed by atoms with Gasteiger partial charge in [-0.05, 0) is 19.1 Å². The lowest BCUT2D eigenvalue weighted by Gasteiger charge is -2.40. The zero-order valence-corrected chi connectivity index (χ0v) is 16.2. The summed E-state index contributed by atoms with van der Waals surface area (Å²) < 4.78 is 17.8. The number of anilines is 1. The van der Waals surface area contributed by atoms with Gasteiger partial charge in [0.2, 0.25) is 0 Å². The highest BCUT2D eigenvalue weighted by Gasteiger charge is 2.30. The lowest BCUT2D eigenvalue weighted by molar-refractivity contribution is -0.0311. The fraction of sp³-hybridized carbons (Fsp3) is 0.526. The Kier molecular flexibility index (Phi) is 5.45. The van der Waals surface area contributed by atoms with Gasteiger partial charge in [-0.3, -0.25) is 9.88 Å². The maximum atomic E-state index is 11.6. The first-order valence-corrected chi connectivity index (χ1v) is 10.7. The third kappa shape index (κ3) is 4.01. The molecular formula is C19H23N5O2S. The monoisotopic (exact) mass is 385 g/mol. The van der Waals surface area contributed by atoms with E-state index < -0.39 is 11.2 Å². The Labute approximate surface area is 162 Å². The van der Waals surface area contributed by atoms with E-state index in [0.717, 1.165) is 55.3 Å². The lowest BCUT2D eigenvalue weighted by Crippen LogP contribution is -2.53. The maximum Gasteiger partial charge on any atom is 0.166 e. The Bertz CT molecular complexity index is 850. The Balaban J connectivity index is 1.55. The first-order chi connectivity index (χ1) is 13.1. The standard InChI is InChI=1S/C19H23N5O2S/c1-14-11-24(13-15(26-14)12-23-5-7-27(25)8-6-23)18-10-22-17(9-20)19-16(18)3-2-4-21-19/h2-4,10,14-15H,5-8,11-13H2,1H3. The average Bonchev–Trinajstić information content (AvgIpc) is 2.68. The van der Waals surface area contributed by atoms with E-state index in [1.165, 1.54) is 0 Å². The van der Waals surface area contributed by atoms with E-state index in [1.54, 1.807) is 12.4 Å². The number of hydrogen-bond acceptors (Lipinski definition) is 7. The Hall–Kier alpha value is -1.92. The molecule has 2 aromatic heterocycles. The molecule has 2 aromatic rings. The van der Waals surface area contributed by atoms with Crippen LogP contribution < -0.4 is 4.90 Å². The summed E-state index contributed by atoms with van der Waals surface area (Å²) in [6.07, 6.45) is 3.66. The van der Waals surface area contributed by atoms with Crippen molar-refractivity contribution in [2.75, 3.05) is 49.1 Å². The van der Waals surface area contributed by atoms with Crippen molar-refractivity contribution in [3.63, 3.8) is 0 Å². The minimum absolute atomic E-state index is 0.0858. The lowest BCUT2D eigenvalue weighted by atomic mass is 10.1. The first kappa shape index (κ1) is 18.4. The van der Waals surface area contributed by atoms with Crippen LogP contribution in [0.3, 0.4) is 0 Å². The number of pyridine rings is 2. The molecule has 0 bridgehead atoms. The van der Waals surface area contributed by atoms with Gasteiger partial charge in [0.25, 0.3) is 0 Å². The molecule has 0 aliphatic carbocycles. The largest absolute Gasteiger partial charge is 0.616 e. The van der Waals surface area contributed by atoms with E-state index in [0.29, 0.717) is 11.2 Å². The molecule has 2 aliphatic heterocycles. The van der Waals surface area contributed by atoms with Gasteiger partial charge in [0.05, 0.1) is 24.1 Å². The molecule has 142 valence electrons. The van der Waals surface area contributed by atoms with Crippen molar-refractivity contribution in [2.24, 2.45) is 0 Å². The van der Waals surface area contributed by atoms with Gasteiger partial charge in [-0.2, -0.15) is 5.26 Å². The topological polar surface area (TPSA) is 88.3 Å². The van der Waals surface area contributed by atoms with E-state index >= 15 is 0 Å². The molecular weight excluding hydrogens is 362 g/mol. The second kappa shape index (κ2) is 7.98. The number of aromatic nitrogens is 2. The smallest absolute Gasteiger partial charge is 0.166 e. The minimum atomic E-state index is -0.665. The van der Waals surface area contributed by atoms with E-state index in [9.17, 15) is 9.81 Å². The van der Waals surface area contributed by atoms with Crippen LogP contribution >= 0.6 is 0 Å². The average molecular weight is 385 g/mol. The summed E-state index contributed by atoms with van der Waals surface area (Å²) in [5, 5.41) is 10.3. The molecule has 0 aromatic carbocycles. The van der Waals surface area contributed by atoms with Crippen LogP contribution in [0, 0.1) is 11.3 Å². The van der Waals surface area contributed by atoms with Gasteiger partial charge < -0.3 is 14.2 Å². The molecule has 0 radical (unpaired) electrons. The number of morpholine rings is 1. The molecule has 7 nitrogen and oxygen atoms in total. The molecule has 0 amide bonds. The Morgan fingerprint density at radius 1 is 1.33 bits per heavy atom. The number of ether oxygens (including phenoxy) is 1. The molecule has 2 atom stereocenters. The van der Waals surface area contributed by atoms with Crippen molar-refractivity contribution >= 4 is 27.8 Å². The van der Waals surface area contributed by atoms with Gasteiger partial charge in [0, 0.05) is 44.3 Å². The van der Waals surface area contributed by atoms with E-state index in [2.05, 4.69) is 32.8 Å². The Morgan fingerprint density at radius 3 is 2.93 bits per heavy atom. The zero-order valence-electron chi connectivity index (χ0n) is 15.4. The summed E-state index contributed by atoms with van der Waals surface area (Å²) in [4.78, 5) is 13.3. The number of nitriles is 1. The van der Waals surface area contributed by atoms with Crippen LogP contribution in [-0.4, -0.2) is 75.9 Å². The van der Waals surface area contributed by atoms with Crippen molar-refractivity contribution in [1.82, 2.24) is 14.9 Å². The SMILES string of the molecule is CC1CN(c2cnc(C#N)c3ncccc23)CC(CN2CC[S+]([O-])CC2)O1. The second-order valence-corrected chi connectivity index (χ2v) is 8.82. The highest BCUT2D eigenvalue weighted by molar-refractivity contribution is 7.91. The third-order valence-corrected chi connectivity index (χ3v) is 6.40. The van der Waals surface area contributed by atoms with Gasteiger partial charge in [0.15, 0.2) is 5.69 Å². The van der Waals surface area contributed by atoms with Crippen LogP contribution in [0.2, 0.25) is 0 Å². The van der Waals surface area contributed by atoms with Crippen molar-refractivity contribution in [1.29, 1.82) is 5.26 Å². The van der Waals surface area contributed by atoms with Crippen LogP contribution in [0.4, 0.5) is 5.69 Å². The first-order valence-electron chi connectivity index (χ1n) is 9.25. The van der Waals surface area contributed by atoms with Crippen LogP contribution in [0.1, 0.15) is 12.6 Å². The summed E-state index contributed by atoms with van der Waals surface area (Å²) in [6, 6.07) is 6.01. The predicted octanol–water partition coefficient (Wildman–Crippen LogP) is 1.16. The molecule has 2 unspecified atom stereocenters. The van der Waals surface area contributed by atoms with Crippen molar-refractivity contribution in [3.05, 3.63) is 30.2 Å². The summed E-state index contributed by atoms with van der Waals surface area (Å²) in [5.74, 6) is 1.50. The summed E-state index contributed by atoms with van der Waals surface area (Å²) in [5.41, 5.74) is 2.00. The van der Waals surface area contributed by atoms with E-state index in [1.807, 2.05) is 12.1 Å². The fourth-order valence-electron chi connectivity index (χ4n) is 3.88. The van der Waals surface area contributed by atoms with E-state index in [-0.39, 0.29) is 12.2 Å². The zero-order chi connectivity index (χ0) is 18.8. The van der Waals surface area contributed by atoms with Crippen LogP contribution in [0.25, 0.3) is 10.9 Å². The molecule has 0 spiro atoms.